The lowest BCUT2D eigenvalue weighted by Gasteiger charge is -2.33. The van der Waals surface area contributed by atoms with Crippen molar-refractivity contribution in [1.29, 1.82) is 0 Å². The summed E-state index contributed by atoms with van der Waals surface area (Å²) in [5.41, 5.74) is 0.452. The summed E-state index contributed by atoms with van der Waals surface area (Å²) in [5.74, 6) is -2.07. The molecule has 1 rings (SSSR count). The molecule has 0 radical (unpaired) electrons. The Kier molecular flexibility index (Phi) is 6.51. The molecular formula is C18H26N2O4. The van der Waals surface area contributed by atoms with Gasteiger partial charge in [0.1, 0.15) is 12.6 Å². The third kappa shape index (κ3) is 5.37. The number of nitrogens with one attached hydrogen (secondary N) is 1. The molecule has 0 heterocycles. The first-order valence-electron chi connectivity index (χ1n) is 7.93. The Balaban J connectivity index is 3.17. The van der Waals surface area contributed by atoms with Crippen LogP contribution in [0.15, 0.2) is 36.1 Å². The normalized spacial score (nSPS) is 17.0. The Morgan fingerprint density at radius 2 is 1.88 bits per heavy atom. The zero-order valence-corrected chi connectivity index (χ0v) is 14.9. The van der Waals surface area contributed by atoms with Crippen LogP contribution in [-0.4, -0.2) is 40.4 Å². The Bertz CT molecular complexity index is 600. The summed E-state index contributed by atoms with van der Waals surface area (Å²) in [6, 6.07) is -0.785. The van der Waals surface area contributed by atoms with E-state index in [0.29, 0.717) is 5.70 Å². The van der Waals surface area contributed by atoms with Crippen molar-refractivity contribution in [1.82, 2.24) is 10.2 Å². The molecule has 0 bridgehead atoms. The van der Waals surface area contributed by atoms with Crippen molar-refractivity contribution in [2.75, 3.05) is 6.54 Å². The van der Waals surface area contributed by atoms with Gasteiger partial charge in [-0.3, -0.25) is 19.3 Å². The van der Waals surface area contributed by atoms with E-state index in [-0.39, 0.29) is 17.2 Å². The highest BCUT2D eigenvalue weighted by Gasteiger charge is 2.33. The molecular weight excluding hydrogens is 308 g/mol. The molecule has 132 valence electrons. The third-order valence-electron chi connectivity index (χ3n) is 3.69. The van der Waals surface area contributed by atoms with Crippen LogP contribution in [0.5, 0.6) is 0 Å². The van der Waals surface area contributed by atoms with Gasteiger partial charge >= 0.3 is 5.97 Å². The summed E-state index contributed by atoms with van der Waals surface area (Å²) in [5, 5.41) is 11.1. The van der Waals surface area contributed by atoms with Gasteiger partial charge < -0.3 is 10.4 Å². The lowest BCUT2D eigenvalue weighted by Crippen LogP contribution is -2.51. The molecule has 0 aliphatic heterocycles. The Morgan fingerprint density at radius 3 is 2.38 bits per heavy atom. The molecule has 6 nitrogen and oxygen atoms in total. The molecule has 1 atom stereocenters. The molecule has 0 saturated carbocycles. The fraction of sp³-hybridized carbons (Fsp3) is 0.500. The van der Waals surface area contributed by atoms with Crippen molar-refractivity contribution in [3.05, 3.63) is 36.1 Å². The highest BCUT2D eigenvalue weighted by Crippen LogP contribution is 2.26. The van der Waals surface area contributed by atoms with Crippen LogP contribution in [-0.2, 0) is 14.4 Å². The second-order valence-electron chi connectivity index (χ2n) is 6.79. The van der Waals surface area contributed by atoms with Gasteiger partial charge in [-0.05, 0) is 18.1 Å². The van der Waals surface area contributed by atoms with Gasteiger partial charge in [0.25, 0.3) is 0 Å². The van der Waals surface area contributed by atoms with Gasteiger partial charge in [-0.1, -0.05) is 45.9 Å². The molecule has 6 heteroatoms. The van der Waals surface area contributed by atoms with Gasteiger partial charge in [0, 0.05) is 18.0 Å². The van der Waals surface area contributed by atoms with Crippen LogP contribution >= 0.6 is 0 Å². The van der Waals surface area contributed by atoms with Crippen LogP contribution < -0.4 is 5.32 Å². The van der Waals surface area contributed by atoms with E-state index < -0.39 is 24.5 Å². The number of carboxylic acids is 1. The number of allylic oxidation sites excluding steroid dienone is 5. The number of aliphatic carboxylic acids is 1. The molecule has 2 amide bonds. The van der Waals surface area contributed by atoms with Crippen LogP contribution in [0.25, 0.3) is 0 Å². The minimum absolute atomic E-state index is 0.153. The zero-order valence-electron chi connectivity index (χ0n) is 14.9. The predicted octanol–water partition coefficient (Wildman–Crippen LogP) is 2.10. The number of hydrogen-bond acceptors (Lipinski definition) is 3. The summed E-state index contributed by atoms with van der Waals surface area (Å²) in [4.78, 5) is 36.8. The number of rotatable bonds is 6. The Morgan fingerprint density at radius 1 is 1.25 bits per heavy atom. The van der Waals surface area contributed by atoms with Gasteiger partial charge in [-0.15, -0.1) is 0 Å². The highest BCUT2D eigenvalue weighted by atomic mass is 16.4. The maximum Gasteiger partial charge on any atom is 0.322 e. The van der Waals surface area contributed by atoms with Gasteiger partial charge in [0.2, 0.25) is 11.8 Å². The van der Waals surface area contributed by atoms with E-state index in [2.05, 4.69) is 5.32 Å². The Hall–Kier alpha value is -2.37. The molecule has 2 N–H and O–H groups in total. The van der Waals surface area contributed by atoms with Crippen LogP contribution in [0.2, 0.25) is 0 Å². The topological polar surface area (TPSA) is 86.7 Å². The maximum atomic E-state index is 12.5. The summed E-state index contributed by atoms with van der Waals surface area (Å²) in [7, 11) is 0. The first kappa shape index (κ1) is 19.7. The fourth-order valence-corrected chi connectivity index (χ4v) is 2.49. The molecule has 1 aliphatic carbocycles. The molecule has 0 fully saturated rings. The predicted molar refractivity (Wildman–Crippen MR) is 91.9 cm³/mol. The summed E-state index contributed by atoms with van der Waals surface area (Å²) >= 11 is 0. The molecule has 0 aromatic heterocycles. The van der Waals surface area contributed by atoms with Crippen LogP contribution in [0.3, 0.4) is 0 Å². The van der Waals surface area contributed by atoms with E-state index in [4.69, 9.17) is 5.11 Å². The lowest BCUT2D eigenvalue weighted by molar-refractivity contribution is -0.141. The monoisotopic (exact) mass is 334 g/mol. The second-order valence-corrected chi connectivity index (χ2v) is 6.79. The van der Waals surface area contributed by atoms with Gasteiger partial charge in [0.05, 0.1) is 0 Å². The van der Waals surface area contributed by atoms with Gasteiger partial charge in [0.15, 0.2) is 0 Å². The summed E-state index contributed by atoms with van der Waals surface area (Å²) in [6.45, 7) is 8.64. The first-order valence-corrected chi connectivity index (χ1v) is 7.93. The van der Waals surface area contributed by atoms with Crippen molar-refractivity contribution in [2.45, 2.75) is 40.7 Å². The van der Waals surface area contributed by atoms with Crippen molar-refractivity contribution < 1.29 is 19.5 Å². The number of amides is 2. The number of nitrogens with zero attached hydrogens (tertiary/aromatic N) is 1. The third-order valence-corrected chi connectivity index (χ3v) is 3.69. The lowest BCUT2D eigenvalue weighted by atomic mass is 9.93. The first-order chi connectivity index (χ1) is 11.0. The van der Waals surface area contributed by atoms with E-state index in [1.807, 2.05) is 52.0 Å². The van der Waals surface area contributed by atoms with Crippen LogP contribution in [0, 0.1) is 11.3 Å². The zero-order chi connectivity index (χ0) is 18.5. The van der Waals surface area contributed by atoms with Crippen LogP contribution in [0.1, 0.15) is 34.6 Å². The molecule has 0 aromatic carbocycles. The maximum absolute atomic E-state index is 12.5. The van der Waals surface area contributed by atoms with Gasteiger partial charge in [-0.2, -0.15) is 0 Å². The average Bonchev–Trinajstić information content (AvgIpc) is 2.62. The number of carboxylic acid groups (broad SMARTS) is 1. The van der Waals surface area contributed by atoms with Gasteiger partial charge in [-0.25, -0.2) is 0 Å². The molecule has 1 unspecified atom stereocenters. The minimum atomic E-state index is -1.13. The quantitative estimate of drug-likeness (QED) is 0.779. The fourth-order valence-electron chi connectivity index (χ4n) is 2.49. The van der Waals surface area contributed by atoms with Crippen molar-refractivity contribution in [2.24, 2.45) is 11.3 Å². The number of carbonyl (C=O) groups excluding carboxylic acids is 2. The summed E-state index contributed by atoms with van der Waals surface area (Å²) < 4.78 is 0. The summed E-state index contributed by atoms with van der Waals surface area (Å²) in [6.07, 6.45) is 9.43. The van der Waals surface area contributed by atoms with E-state index >= 15 is 0 Å². The van der Waals surface area contributed by atoms with Crippen LogP contribution in [0.4, 0.5) is 0 Å². The van der Waals surface area contributed by atoms with E-state index in [9.17, 15) is 14.4 Å². The van der Waals surface area contributed by atoms with E-state index in [1.54, 1.807) is 6.08 Å². The van der Waals surface area contributed by atoms with E-state index in [1.165, 1.54) is 11.8 Å². The van der Waals surface area contributed by atoms with Crippen molar-refractivity contribution in [3.8, 4) is 0 Å². The van der Waals surface area contributed by atoms with E-state index in [0.717, 1.165) is 0 Å². The molecule has 24 heavy (non-hydrogen) atoms. The standard InChI is InChI=1S/C18H26N2O4/c1-12(2)16(17(24)19-11-15(22)23)20(13(3)21)14-7-6-9-18(4,5)10-8-14/h6-10,12,16H,11H2,1-5H3,(H,19,24)(H,22,23). The smallest absolute Gasteiger partial charge is 0.322 e. The Labute approximate surface area is 142 Å². The SMILES string of the molecule is CC(=O)N(C1=CC=CC(C)(C)C=C1)C(C(=O)NCC(=O)O)C(C)C. The minimum Gasteiger partial charge on any atom is -0.480 e. The molecule has 0 saturated heterocycles. The van der Waals surface area contributed by atoms with Crippen molar-refractivity contribution in [3.63, 3.8) is 0 Å². The molecule has 0 aromatic rings. The highest BCUT2D eigenvalue weighted by molar-refractivity contribution is 5.90. The number of hydrogen-bond donors (Lipinski definition) is 2. The second kappa shape index (κ2) is 7.95. The molecule has 0 spiro atoms. The average molecular weight is 334 g/mol. The van der Waals surface area contributed by atoms with Crippen molar-refractivity contribution >= 4 is 17.8 Å². The number of carbonyl (C=O) groups is 3. The molecule has 1 aliphatic rings. The largest absolute Gasteiger partial charge is 0.480 e.